The maximum atomic E-state index is 10.1. The number of fused-ring (bicyclic) bond motifs is 1. The van der Waals surface area contributed by atoms with E-state index in [1.54, 1.807) is 6.07 Å². The van der Waals surface area contributed by atoms with E-state index in [9.17, 15) is 4.79 Å². The molecule has 1 aliphatic heterocycles. The van der Waals surface area contributed by atoms with Gasteiger partial charge >= 0.3 is 0 Å². The zero-order valence-electron chi connectivity index (χ0n) is 9.12. The number of carbonyl (C=O) groups excluding carboxylic acids is 1. The maximum absolute atomic E-state index is 10.1. The zero-order chi connectivity index (χ0) is 12.1. The smallest absolute Gasteiger partial charge is 0.286 e. The van der Waals surface area contributed by atoms with Gasteiger partial charge in [-0.3, -0.25) is 4.79 Å². The van der Waals surface area contributed by atoms with Crippen molar-refractivity contribution in [1.82, 2.24) is 0 Å². The van der Waals surface area contributed by atoms with E-state index < -0.39 is 0 Å². The fourth-order valence-corrected chi connectivity index (χ4v) is 1.39. The van der Waals surface area contributed by atoms with Gasteiger partial charge in [0.15, 0.2) is 18.6 Å². The summed E-state index contributed by atoms with van der Waals surface area (Å²) in [5.74, 6) is 0.798. The highest BCUT2D eigenvalue weighted by atomic mass is 16.7. The van der Waals surface area contributed by atoms with Crippen molar-refractivity contribution in [3.63, 3.8) is 0 Å². The second kappa shape index (κ2) is 5.11. The normalized spacial score (nSPS) is 17.7. The zero-order valence-corrected chi connectivity index (χ0v) is 9.12. The van der Waals surface area contributed by atoms with E-state index in [1.807, 2.05) is 18.2 Å². The van der Waals surface area contributed by atoms with Crippen LogP contribution in [-0.4, -0.2) is 31.6 Å². The van der Waals surface area contributed by atoms with Crippen molar-refractivity contribution in [2.45, 2.75) is 0 Å². The van der Waals surface area contributed by atoms with Gasteiger partial charge in [-0.2, -0.15) is 0 Å². The molecule has 2 rings (SSSR count). The number of rotatable bonds is 4. The number of benzene rings is 1. The van der Waals surface area contributed by atoms with E-state index in [0.717, 1.165) is 5.56 Å². The molecule has 0 saturated heterocycles. The summed E-state index contributed by atoms with van der Waals surface area (Å²) >= 11 is 0. The molecule has 0 saturated carbocycles. The Morgan fingerprint density at radius 3 is 2.94 bits per heavy atom. The van der Waals surface area contributed by atoms with Crippen LogP contribution in [0.3, 0.4) is 0 Å². The van der Waals surface area contributed by atoms with Gasteiger partial charge in [-0.25, -0.2) is 0 Å². The third-order valence-corrected chi connectivity index (χ3v) is 2.02. The average molecular weight is 234 g/mol. The second-order valence-corrected chi connectivity index (χ2v) is 3.08. The fraction of sp³-hybridized carbons (Fsp3) is 0.182. The van der Waals surface area contributed by atoms with Gasteiger partial charge in [0, 0.05) is 0 Å². The molecule has 1 aliphatic rings. The molecule has 0 aromatic heterocycles. The van der Waals surface area contributed by atoms with Crippen molar-refractivity contribution in [3.8, 4) is 5.75 Å². The standard InChI is InChI=1S/C11H10N2O4/c1-15-12-10-8-4-2-3-5-9(8)17-11(10)13-16-7-6-14/h2-6H,7H2,1H3. The van der Waals surface area contributed by atoms with Crippen molar-refractivity contribution < 1.29 is 19.2 Å². The number of oxime groups is 2. The minimum absolute atomic E-state index is 0.135. The Bertz CT molecular complexity index is 482. The quantitative estimate of drug-likeness (QED) is 0.442. The molecule has 0 unspecified atom stereocenters. The van der Waals surface area contributed by atoms with Crippen LogP contribution in [-0.2, 0) is 14.5 Å². The summed E-state index contributed by atoms with van der Waals surface area (Å²) in [7, 11) is 1.43. The minimum atomic E-state index is -0.135. The summed E-state index contributed by atoms with van der Waals surface area (Å²) in [6.07, 6.45) is 0.597. The highest BCUT2D eigenvalue weighted by molar-refractivity contribution is 6.48. The summed E-state index contributed by atoms with van der Waals surface area (Å²) in [5, 5.41) is 7.50. The number of hydrogen-bond donors (Lipinski definition) is 0. The van der Waals surface area contributed by atoms with Crippen molar-refractivity contribution in [3.05, 3.63) is 29.8 Å². The first-order chi connectivity index (χ1) is 8.36. The molecule has 6 nitrogen and oxygen atoms in total. The van der Waals surface area contributed by atoms with Crippen molar-refractivity contribution in [2.75, 3.05) is 13.7 Å². The Hall–Kier alpha value is -2.37. The largest absolute Gasteiger partial charge is 0.434 e. The van der Waals surface area contributed by atoms with Crippen LogP contribution in [0.1, 0.15) is 5.56 Å². The molecule has 0 fully saturated rings. The van der Waals surface area contributed by atoms with Gasteiger partial charge in [0.2, 0.25) is 0 Å². The van der Waals surface area contributed by atoms with Crippen LogP contribution < -0.4 is 4.74 Å². The average Bonchev–Trinajstić information content (AvgIpc) is 2.69. The Morgan fingerprint density at radius 2 is 2.18 bits per heavy atom. The van der Waals surface area contributed by atoms with Gasteiger partial charge in [0.25, 0.3) is 5.90 Å². The van der Waals surface area contributed by atoms with Crippen molar-refractivity contribution in [1.29, 1.82) is 0 Å². The first-order valence-electron chi connectivity index (χ1n) is 4.89. The van der Waals surface area contributed by atoms with Crippen LogP contribution in [0.25, 0.3) is 0 Å². The summed E-state index contributed by atoms with van der Waals surface area (Å²) in [6, 6.07) is 7.29. The highest BCUT2D eigenvalue weighted by Crippen LogP contribution is 2.26. The van der Waals surface area contributed by atoms with Crippen molar-refractivity contribution in [2.24, 2.45) is 10.3 Å². The van der Waals surface area contributed by atoms with E-state index in [4.69, 9.17) is 14.4 Å². The SMILES string of the molecule is CON=C1C(=NOCC=O)Oc2ccccc21. The Kier molecular flexibility index (Phi) is 3.34. The predicted molar refractivity (Wildman–Crippen MR) is 60.1 cm³/mol. The lowest BCUT2D eigenvalue weighted by atomic mass is 10.1. The first kappa shape index (κ1) is 11.1. The molecule has 88 valence electrons. The molecule has 0 radical (unpaired) electrons. The number of nitrogens with zero attached hydrogens (tertiary/aromatic N) is 2. The van der Waals surface area contributed by atoms with Gasteiger partial charge in [-0.05, 0) is 17.3 Å². The molecule has 0 amide bonds. The fourth-order valence-electron chi connectivity index (χ4n) is 1.39. The van der Waals surface area contributed by atoms with Crippen molar-refractivity contribution >= 4 is 17.9 Å². The molecule has 0 bridgehead atoms. The minimum Gasteiger partial charge on any atom is -0.434 e. The Morgan fingerprint density at radius 1 is 1.35 bits per heavy atom. The number of para-hydroxylation sites is 1. The van der Waals surface area contributed by atoms with E-state index in [-0.39, 0.29) is 12.5 Å². The molecule has 1 aromatic rings. The molecule has 0 spiro atoms. The van der Waals surface area contributed by atoms with E-state index >= 15 is 0 Å². The van der Waals surface area contributed by atoms with Gasteiger partial charge in [0.1, 0.15) is 12.9 Å². The molecular weight excluding hydrogens is 224 g/mol. The third kappa shape index (κ3) is 2.25. The van der Waals surface area contributed by atoms with Crippen LogP contribution in [0.5, 0.6) is 5.75 Å². The lowest BCUT2D eigenvalue weighted by Crippen LogP contribution is -2.14. The van der Waals surface area contributed by atoms with E-state index in [1.165, 1.54) is 7.11 Å². The lowest BCUT2D eigenvalue weighted by Gasteiger charge is -1.97. The Balaban J connectivity index is 2.30. The Labute approximate surface area is 97.5 Å². The van der Waals surface area contributed by atoms with Gasteiger partial charge in [-0.15, -0.1) is 0 Å². The van der Waals surface area contributed by atoms with Crippen LogP contribution in [0, 0.1) is 0 Å². The predicted octanol–water partition coefficient (Wildman–Crippen LogP) is 0.959. The molecule has 1 aromatic carbocycles. The number of carbonyl (C=O) groups is 1. The maximum Gasteiger partial charge on any atom is 0.286 e. The summed E-state index contributed by atoms with van der Waals surface area (Å²) in [6.45, 7) is -0.135. The van der Waals surface area contributed by atoms with Gasteiger partial charge in [0.05, 0.1) is 5.56 Å². The third-order valence-electron chi connectivity index (χ3n) is 2.02. The summed E-state index contributed by atoms with van der Waals surface area (Å²) in [4.78, 5) is 19.6. The van der Waals surface area contributed by atoms with Crippen LogP contribution in [0.2, 0.25) is 0 Å². The monoisotopic (exact) mass is 234 g/mol. The number of ether oxygens (including phenoxy) is 1. The van der Waals surface area contributed by atoms with E-state index in [0.29, 0.717) is 17.7 Å². The second-order valence-electron chi connectivity index (χ2n) is 3.08. The summed E-state index contributed by atoms with van der Waals surface area (Å²) < 4.78 is 5.42. The molecule has 0 aliphatic carbocycles. The molecule has 17 heavy (non-hydrogen) atoms. The number of aldehydes is 1. The topological polar surface area (TPSA) is 69.5 Å². The first-order valence-corrected chi connectivity index (χ1v) is 4.89. The van der Waals surface area contributed by atoms with Crippen LogP contribution in [0.15, 0.2) is 34.6 Å². The molecule has 0 N–H and O–H groups in total. The number of hydrogen-bond acceptors (Lipinski definition) is 6. The summed E-state index contributed by atoms with van der Waals surface area (Å²) in [5.41, 5.74) is 1.21. The van der Waals surface area contributed by atoms with Crippen LogP contribution >= 0.6 is 0 Å². The molecule has 0 atom stereocenters. The molecular formula is C11H10N2O4. The molecule has 6 heteroatoms. The molecule has 1 heterocycles. The van der Waals surface area contributed by atoms with E-state index in [2.05, 4.69) is 10.3 Å². The van der Waals surface area contributed by atoms with Gasteiger partial charge in [-0.1, -0.05) is 17.3 Å². The lowest BCUT2D eigenvalue weighted by molar-refractivity contribution is -0.111. The highest BCUT2D eigenvalue weighted by Gasteiger charge is 2.28. The van der Waals surface area contributed by atoms with Gasteiger partial charge < -0.3 is 14.4 Å². The van der Waals surface area contributed by atoms with Crippen LogP contribution in [0.4, 0.5) is 0 Å².